The van der Waals surface area contributed by atoms with E-state index in [9.17, 15) is 5.11 Å². The highest BCUT2D eigenvalue weighted by Gasteiger charge is 2.34. The van der Waals surface area contributed by atoms with Crippen LogP contribution < -0.4 is 5.32 Å². The number of rotatable bonds is 3. The minimum atomic E-state index is -0.573. The van der Waals surface area contributed by atoms with Crippen LogP contribution in [0.2, 0.25) is 5.15 Å². The molecular formula is C9H11BrClN3O. The Kier molecular flexibility index (Phi) is 3.13. The van der Waals surface area contributed by atoms with E-state index in [-0.39, 0.29) is 0 Å². The lowest BCUT2D eigenvalue weighted by molar-refractivity contribution is -0.0202. The topological polar surface area (TPSA) is 58.0 Å². The van der Waals surface area contributed by atoms with Crippen LogP contribution in [0.5, 0.6) is 0 Å². The van der Waals surface area contributed by atoms with Gasteiger partial charge in [0, 0.05) is 6.54 Å². The average molecular weight is 293 g/mol. The Hall–Kier alpha value is -0.390. The van der Waals surface area contributed by atoms with E-state index in [0.29, 0.717) is 22.0 Å². The predicted molar refractivity (Wildman–Crippen MR) is 62.0 cm³/mol. The van der Waals surface area contributed by atoms with Gasteiger partial charge in [-0.05, 0) is 35.2 Å². The van der Waals surface area contributed by atoms with E-state index >= 15 is 0 Å². The van der Waals surface area contributed by atoms with Gasteiger partial charge in [-0.15, -0.1) is 0 Å². The van der Waals surface area contributed by atoms with E-state index in [4.69, 9.17) is 11.6 Å². The van der Waals surface area contributed by atoms with E-state index in [1.165, 1.54) is 6.33 Å². The maximum Gasteiger partial charge on any atom is 0.148 e. The molecular weight excluding hydrogens is 281 g/mol. The van der Waals surface area contributed by atoms with Gasteiger partial charge >= 0.3 is 0 Å². The number of hydrogen-bond acceptors (Lipinski definition) is 4. The molecule has 2 rings (SSSR count). The van der Waals surface area contributed by atoms with Crippen LogP contribution in [0.1, 0.15) is 19.3 Å². The maximum absolute atomic E-state index is 9.88. The standard InChI is InChI=1S/C9H11BrClN3O/c10-6-7(11)13-5-14-8(6)12-4-9(15)2-1-3-9/h5,15H,1-4H2,(H,12,13,14). The Labute approximate surface area is 101 Å². The van der Waals surface area contributed by atoms with Crippen molar-refractivity contribution < 1.29 is 5.11 Å². The van der Waals surface area contributed by atoms with Crippen molar-refractivity contribution in [3.8, 4) is 0 Å². The van der Waals surface area contributed by atoms with Crippen molar-refractivity contribution >= 4 is 33.3 Å². The molecule has 6 heteroatoms. The summed E-state index contributed by atoms with van der Waals surface area (Å²) in [6.07, 6.45) is 4.16. The molecule has 82 valence electrons. The second-order valence-corrected chi connectivity index (χ2v) is 4.91. The van der Waals surface area contributed by atoms with Gasteiger partial charge in [-0.25, -0.2) is 9.97 Å². The van der Waals surface area contributed by atoms with E-state index in [1.807, 2.05) is 0 Å². The summed E-state index contributed by atoms with van der Waals surface area (Å²) in [5.74, 6) is 0.621. The maximum atomic E-state index is 9.88. The predicted octanol–water partition coefficient (Wildman–Crippen LogP) is 2.22. The Morgan fingerprint density at radius 3 is 2.87 bits per heavy atom. The summed E-state index contributed by atoms with van der Waals surface area (Å²) in [4.78, 5) is 7.86. The summed E-state index contributed by atoms with van der Waals surface area (Å²) < 4.78 is 0.634. The summed E-state index contributed by atoms with van der Waals surface area (Å²) in [5, 5.41) is 13.3. The largest absolute Gasteiger partial charge is 0.388 e. The molecule has 0 unspecified atom stereocenters. The summed E-state index contributed by atoms with van der Waals surface area (Å²) >= 11 is 9.10. The second kappa shape index (κ2) is 4.23. The molecule has 1 heterocycles. The van der Waals surface area contributed by atoms with Crippen LogP contribution in [0.3, 0.4) is 0 Å². The molecule has 0 saturated heterocycles. The normalized spacial score (nSPS) is 18.3. The molecule has 0 aliphatic heterocycles. The highest BCUT2D eigenvalue weighted by atomic mass is 79.9. The van der Waals surface area contributed by atoms with Gasteiger partial charge in [0.25, 0.3) is 0 Å². The van der Waals surface area contributed by atoms with E-state index < -0.39 is 5.60 Å². The number of nitrogens with zero attached hydrogens (tertiary/aromatic N) is 2. The van der Waals surface area contributed by atoms with Gasteiger partial charge in [0.15, 0.2) is 0 Å². The van der Waals surface area contributed by atoms with Crippen molar-refractivity contribution in [2.75, 3.05) is 11.9 Å². The number of aromatic nitrogens is 2. The Morgan fingerprint density at radius 1 is 1.53 bits per heavy atom. The van der Waals surface area contributed by atoms with E-state index in [2.05, 4.69) is 31.2 Å². The van der Waals surface area contributed by atoms with Gasteiger partial charge in [0.1, 0.15) is 17.3 Å². The molecule has 15 heavy (non-hydrogen) atoms. The number of nitrogens with one attached hydrogen (secondary N) is 1. The van der Waals surface area contributed by atoms with Crippen molar-refractivity contribution in [1.82, 2.24) is 9.97 Å². The number of aliphatic hydroxyl groups is 1. The third kappa shape index (κ3) is 2.41. The van der Waals surface area contributed by atoms with Gasteiger partial charge in [0.2, 0.25) is 0 Å². The van der Waals surface area contributed by atoms with Crippen LogP contribution in [-0.4, -0.2) is 27.2 Å². The summed E-state index contributed by atoms with van der Waals surface area (Å²) in [5.41, 5.74) is -0.573. The first-order chi connectivity index (χ1) is 7.11. The Balaban J connectivity index is 2.01. The van der Waals surface area contributed by atoms with Gasteiger partial charge in [-0.3, -0.25) is 0 Å². The second-order valence-electron chi connectivity index (χ2n) is 3.76. The quantitative estimate of drug-likeness (QED) is 0.839. The smallest absolute Gasteiger partial charge is 0.148 e. The zero-order chi connectivity index (χ0) is 10.9. The van der Waals surface area contributed by atoms with Crippen molar-refractivity contribution in [2.45, 2.75) is 24.9 Å². The molecule has 0 spiro atoms. The van der Waals surface area contributed by atoms with Crippen molar-refractivity contribution in [3.63, 3.8) is 0 Å². The van der Waals surface area contributed by atoms with Crippen LogP contribution in [0, 0.1) is 0 Å². The van der Waals surface area contributed by atoms with Crippen LogP contribution in [-0.2, 0) is 0 Å². The molecule has 1 saturated carbocycles. The summed E-state index contributed by atoms with van der Waals surface area (Å²) in [7, 11) is 0. The fraction of sp³-hybridized carbons (Fsp3) is 0.556. The van der Waals surface area contributed by atoms with Gasteiger partial charge < -0.3 is 10.4 Å². The first-order valence-electron chi connectivity index (χ1n) is 4.73. The highest BCUT2D eigenvalue weighted by molar-refractivity contribution is 9.10. The molecule has 0 atom stereocenters. The highest BCUT2D eigenvalue weighted by Crippen LogP contribution is 2.33. The van der Waals surface area contributed by atoms with E-state index in [0.717, 1.165) is 19.3 Å². The zero-order valence-electron chi connectivity index (χ0n) is 8.00. The van der Waals surface area contributed by atoms with Crippen LogP contribution >= 0.6 is 27.5 Å². The number of anilines is 1. The zero-order valence-corrected chi connectivity index (χ0v) is 10.3. The van der Waals surface area contributed by atoms with Gasteiger partial charge in [-0.2, -0.15) is 0 Å². The first kappa shape index (κ1) is 11.1. The Bertz CT molecular complexity index is 370. The molecule has 1 aliphatic carbocycles. The molecule has 0 aromatic carbocycles. The minimum Gasteiger partial charge on any atom is -0.388 e. The molecule has 1 aliphatic rings. The van der Waals surface area contributed by atoms with Crippen molar-refractivity contribution in [2.24, 2.45) is 0 Å². The third-order valence-electron chi connectivity index (χ3n) is 2.62. The average Bonchev–Trinajstić information content (AvgIpc) is 2.17. The van der Waals surface area contributed by atoms with Crippen molar-refractivity contribution in [3.05, 3.63) is 16.0 Å². The fourth-order valence-electron chi connectivity index (χ4n) is 1.48. The fourth-order valence-corrected chi connectivity index (χ4v) is 1.96. The molecule has 1 fully saturated rings. The molecule has 4 nitrogen and oxygen atoms in total. The lowest BCUT2D eigenvalue weighted by atomic mass is 9.80. The lowest BCUT2D eigenvalue weighted by Gasteiger charge is -2.36. The molecule has 2 N–H and O–H groups in total. The molecule has 1 aromatic heterocycles. The third-order valence-corrected chi connectivity index (χ3v) is 3.88. The molecule has 0 radical (unpaired) electrons. The molecule has 0 amide bonds. The van der Waals surface area contributed by atoms with Crippen LogP contribution in [0.25, 0.3) is 0 Å². The monoisotopic (exact) mass is 291 g/mol. The van der Waals surface area contributed by atoms with Gasteiger partial charge in [0.05, 0.1) is 10.1 Å². The number of halogens is 2. The number of hydrogen-bond donors (Lipinski definition) is 2. The Morgan fingerprint density at radius 2 is 2.27 bits per heavy atom. The molecule has 0 bridgehead atoms. The van der Waals surface area contributed by atoms with Gasteiger partial charge in [-0.1, -0.05) is 11.6 Å². The SMILES string of the molecule is OC1(CNc2ncnc(Cl)c2Br)CCC1. The van der Waals surface area contributed by atoms with Crippen LogP contribution in [0.4, 0.5) is 5.82 Å². The summed E-state index contributed by atoms with van der Waals surface area (Å²) in [6, 6.07) is 0. The molecule has 1 aromatic rings. The first-order valence-corrected chi connectivity index (χ1v) is 5.90. The van der Waals surface area contributed by atoms with E-state index in [1.54, 1.807) is 0 Å². The minimum absolute atomic E-state index is 0.369. The van der Waals surface area contributed by atoms with Crippen molar-refractivity contribution in [1.29, 1.82) is 0 Å². The lowest BCUT2D eigenvalue weighted by Crippen LogP contribution is -2.43. The summed E-state index contributed by atoms with van der Waals surface area (Å²) in [6.45, 7) is 0.499. The van der Waals surface area contributed by atoms with Crippen LogP contribution in [0.15, 0.2) is 10.8 Å².